The molecular formula is C8H8N2Se. The standard InChI is InChI=1S/C8H8N2Se/c1-10-7-5-3-2-4-6(7)9-8(10)11/h2-5H,1H3,(H,9,11). The number of nitrogens with zero attached hydrogens (tertiary/aromatic N) is 2. The number of imidazole rings is 1. The molecule has 0 amide bonds. The van der Waals surface area contributed by atoms with Gasteiger partial charge in [0.25, 0.3) is 0 Å². The molecule has 1 aromatic heterocycles. The first kappa shape index (κ1) is 6.89. The second-order valence-electron chi connectivity index (χ2n) is 2.46. The van der Waals surface area contributed by atoms with E-state index in [9.17, 15) is 0 Å². The zero-order valence-corrected chi connectivity index (χ0v) is 8.03. The zero-order chi connectivity index (χ0) is 7.84. The molecule has 0 saturated heterocycles. The van der Waals surface area contributed by atoms with Crippen LogP contribution in [0, 0.1) is 0 Å². The summed E-state index contributed by atoms with van der Waals surface area (Å²) in [7, 11) is 2.02. The number of para-hydroxylation sites is 2. The van der Waals surface area contributed by atoms with Crippen molar-refractivity contribution in [1.82, 2.24) is 9.55 Å². The SMILES string of the molecule is Cn1c([SeH])nc2ccccc21. The summed E-state index contributed by atoms with van der Waals surface area (Å²) in [4.78, 5) is 4.35. The van der Waals surface area contributed by atoms with Gasteiger partial charge in [-0.3, -0.25) is 0 Å². The molecule has 0 bridgehead atoms. The van der Waals surface area contributed by atoms with Gasteiger partial charge < -0.3 is 0 Å². The second kappa shape index (κ2) is 2.36. The van der Waals surface area contributed by atoms with E-state index in [1.54, 1.807) is 0 Å². The third-order valence-corrected chi connectivity index (χ3v) is 2.60. The summed E-state index contributed by atoms with van der Waals surface area (Å²) in [6, 6.07) is 8.11. The molecule has 0 unspecified atom stereocenters. The van der Waals surface area contributed by atoms with E-state index in [1.807, 2.05) is 25.2 Å². The number of hydrogen-bond donors (Lipinski definition) is 0. The quantitative estimate of drug-likeness (QED) is 0.565. The van der Waals surface area contributed by atoms with Crippen LogP contribution in [0.2, 0.25) is 0 Å². The van der Waals surface area contributed by atoms with E-state index in [1.165, 1.54) is 5.52 Å². The molecule has 1 aromatic carbocycles. The predicted molar refractivity (Wildman–Crippen MR) is 47.5 cm³/mol. The summed E-state index contributed by atoms with van der Waals surface area (Å²) in [6.07, 6.45) is 0. The van der Waals surface area contributed by atoms with Crippen LogP contribution in [0.15, 0.2) is 24.3 Å². The van der Waals surface area contributed by atoms with Gasteiger partial charge in [-0.05, 0) is 0 Å². The van der Waals surface area contributed by atoms with Crippen molar-refractivity contribution in [2.45, 2.75) is 0 Å². The van der Waals surface area contributed by atoms with E-state index in [0.717, 1.165) is 10.2 Å². The van der Waals surface area contributed by atoms with Crippen molar-refractivity contribution in [3.05, 3.63) is 24.3 Å². The molecule has 2 nitrogen and oxygen atoms in total. The van der Waals surface area contributed by atoms with Crippen LogP contribution in [0.5, 0.6) is 0 Å². The van der Waals surface area contributed by atoms with E-state index in [-0.39, 0.29) is 0 Å². The fourth-order valence-electron chi connectivity index (χ4n) is 1.13. The molecule has 0 aliphatic rings. The van der Waals surface area contributed by atoms with Gasteiger partial charge >= 0.3 is 72.6 Å². The Morgan fingerprint density at radius 3 is 2.82 bits per heavy atom. The number of benzene rings is 1. The fraction of sp³-hybridized carbons (Fsp3) is 0.125. The van der Waals surface area contributed by atoms with E-state index in [4.69, 9.17) is 0 Å². The summed E-state index contributed by atoms with van der Waals surface area (Å²) >= 11 is 2.46. The zero-order valence-electron chi connectivity index (χ0n) is 6.15. The molecule has 1 heterocycles. The molecular weight excluding hydrogens is 203 g/mol. The van der Waals surface area contributed by atoms with Crippen molar-refractivity contribution in [1.29, 1.82) is 0 Å². The van der Waals surface area contributed by atoms with Crippen LogP contribution < -0.4 is 4.72 Å². The minimum atomic E-state index is 0.999. The van der Waals surface area contributed by atoms with E-state index >= 15 is 0 Å². The Hall–Kier alpha value is -0.791. The molecule has 0 fully saturated rings. The predicted octanol–water partition coefficient (Wildman–Crippen LogP) is 0.0994. The summed E-state index contributed by atoms with van der Waals surface area (Å²) in [5.41, 5.74) is 2.24. The molecule has 0 atom stereocenters. The third-order valence-electron chi connectivity index (χ3n) is 1.76. The Balaban J connectivity index is 2.92. The Labute approximate surface area is 73.1 Å². The monoisotopic (exact) mass is 212 g/mol. The Kier molecular flexibility index (Phi) is 1.48. The Morgan fingerprint density at radius 1 is 1.36 bits per heavy atom. The van der Waals surface area contributed by atoms with E-state index in [0.29, 0.717) is 0 Å². The van der Waals surface area contributed by atoms with Crippen LogP contribution >= 0.6 is 0 Å². The van der Waals surface area contributed by atoms with Gasteiger partial charge in [0.2, 0.25) is 0 Å². The topological polar surface area (TPSA) is 17.8 Å². The fourth-order valence-corrected chi connectivity index (χ4v) is 1.58. The first-order valence-corrected chi connectivity index (χ1v) is 4.33. The summed E-state index contributed by atoms with van der Waals surface area (Å²) in [5, 5.41) is 0. The number of fused-ring (bicyclic) bond motifs is 1. The van der Waals surface area contributed by atoms with Crippen LogP contribution in [0.3, 0.4) is 0 Å². The van der Waals surface area contributed by atoms with E-state index in [2.05, 4.69) is 31.6 Å². The molecule has 2 rings (SSSR count). The molecule has 2 aromatic rings. The van der Waals surface area contributed by atoms with Gasteiger partial charge in [0, 0.05) is 0 Å². The van der Waals surface area contributed by atoms with Crippen LogP contribution in [-0.4, -0.2) is 25.6 Å². The van der Waals surface area contributed by atoms with Crippen molar-refractivity contribution in [3.8, 4) is 0 Å². The molecule has 11 heavy (non-hydrogen) atoms. The third kappa shape index (κ3) is 0.970. The van der Waals surface area contributed by atoms with Crippen molar-refractivity contribution < 1.29 is 0 Å². The van der Waals surface area contributed by atoms with Crippen LogP contribution in [0.1, 0.15) is 0 Å². The van der Waals surface area contributed by atoms with Crippen molar-refractivity contribution in [2.24, 2.45) is 7.05 Å². The average Bonchev–Trinajstić information content (AvgIpc) is 2.30. The first-order valence-electron chi connectivity index (χ1n) is 3.39. The van der Waals surface area contributed by atoms with Gasteiger partial charge in [0.05, 0.1) is 0 Å². The molecule has 0 spiro atoms. The molecule has 0 radical (unpaired) electrons. The summed E-state index contributed by atoms with van der Waals surface area (Å²) in [5.74, 6) is 0. The second-order valence-corrected chi connectivity index (χ2v) is 3.30. The molecule has 0 aliphatic heterocycles. The van der Waals surface area contributed by atoms with Crippen LogP contribution in [0.4, 0.5) is 0 Å². The molecule has 3 heteroatoms. The Bertz CT molecular complexity index is 392. The van der Waals surface area contributed by atoms with Gasteiger partial charge in [0.15, 0.2) is 0 Å². The molecule has 0 saturated carbocycles. The molecule has 0 N–H and O–H groups in total. The van der Waals surface area contributed by atoms with Gasteiger partial charge in [-0.25, -0.2) is 0 Å². The van der Waals surface area contributed by atoms with E-state index < -0.39 is 0 Å². The van der Waals surface area contributed by atoms with Gasteiger partial charge in [-0.2, -0.15) is 0 Å². The number of aryl methyl sites for hydroxylation is 1. The minimum absolute atomic E-state index is 0.999. The molecule has 0 aliphatic carbocycles. The number of hydrogen-bond acceptors (Lipinski definition) is 1. The van der Waals surface area contributed by atoms with Crippen molar-refractivity contribution >= 4 is 31.8 Å². The van der Waals surface area contributed by atoms with Gasteiger partial charge in [-0.1, -0.05) is 0 Å². The first-order chi connectivity index (χ1) is 5.29. The summed E-state index contributed by atoms with van der Waals surface area (Å²) < 4.78 is 3.06. The maximum atomic E-state index is 4.35. The Morgan fingerprint density at radius 2 is 2.09 bits per heavy atom. The number of rotatable bonds is 0. The molecule has 56 valence electrons. The summed E-state index contributed by atoms with van der Waals surface area (Å²) in [6.45, 7) is 0. The van der Waals surface area contributed by atoms with Crippen molar-refractivity contribution in [2.75, 3.05) is 0 Å². The van der Waals surface area contributed by atoms with Gasteiger partial charge in [0.1, 0.15) is 0 Å². The van der Waals surface area contributed by atoms with Crippen LogP contribution in [-0.2, 0) is 7.05 Å². The average molecular weight is 211 g/mol. The van der Waals surface area contributed by atoms with Crippen molar-refractivity contribution in [3.63, 3.8) is 0 Å². The van der Waals surface area contributed by atoms with Crippen LogP contribution in [0.25, 0.3) is 11.0 Å². The maximum absolute atomic E-state index is 4.35. The normalized spacial score (nSPS) is 10.7. The number of aromatic nitrogens is 2. The van der Waals surface area contributed by atoms with Gasteiger partial charge in [-0.15, -0.1) is 0 Å².